The van der Waals surface area contributed by atoms with Gasteiger partial charge in [0.15, 0.2) is 0 Å². The minimum absolute atomic E-state index is 0.0377. The van der Waals surface area contributed by atoms with Crippen LogP contribution in [0.3, 0.4) is 0 Å². The van der Waals surface area contributed by atoms with E-state index in [0.717, 1.165) is 18.6 Å². The number of hydrogen-bond acceptors (Lipinski definition) is 5. The van der Waals surface area contributed by atoms with Gasteiger partial charge in [0.1, 0.15) is 5.69 Å². The van der Waals surface area contributed by atoms with Crippen LogP contribution >= 0.6 is 0 Å². The molecule has 1 heterocycles. The van der Waals surface area contributed by atoms with Crippen LogP contribution in [0.25, 0.3) is 0 Å². The molecule has 0 atom stereocenters. The van der Waals surface area contributed by atoms with Crippen molar-refractivity contribution in [3.63, 3.8) is 0 Å². The Morgan fingerprint density at radius 2 is 2.00 bits per heavy atom. The molecule has 0 aliphatic rings. The largest absolute Gasteiger partial charge is 0.416 e. The Kier molecular flexibility index (Phi) is 6.51. The number of carbonyl (C=O) groups is 1. The molecule has 26 heavy (non-hydrogen) atoms. The monoisotopic (exact) mass is 368 g/mol. The third-order valence-corrected chi connectivity index (χ3v) is 3.34. The van der Waals surface area contributed by atoms with Gasteiger partial charge >= 0.3 is 6.18 Å². The summed E-state index contributed by atoms with van der Waals surface area (Å²) in [5.41, 5.74) is -0.182. The van der Waals surface area contributed by atoms with Gasteiger partial charge in [-0.25, -0.2) is 9.97 Å². The van der Waals surface area contributed by atoms with E-state index in [4.69, 9.17) is 4.74 Å². The van der Waals surface area contributed by atoms with E-state index in [1.165, 1.54) is 18.2 Å². The molecule has 0 unspecified atom stereocenters. The van der Waals surface area contributed by atoms with Crippen molar-refractivity contribution in [3.8, 4) is 0 Å². The number of aryl methyl sites for hydroxylation is 1. The summed E-state index contributed by atoms with van der Waals surface area (Å²) in [4.78, 5) is 20.6. The average molecular weight is 368 g/mol. The zero-order chi connectivity index (χ0) is 19.2. The summed E-state index contributed by atoms with van der Waals surface area (Å²) in [7, 11) is 1.60. The number of rotatable bonds is 7. The van der Waals surface area contributed by atoms with E-state index in [0.29, 0.717) is 18.8 Å². The van der Waals surface area contributed by atoms with E-state index in [1.54, 1.807) is 14.0 Å². The Balaban J connectivity index is 2.11. The first-order chi connectivity index (χ1) is 12.3. The number of hydrogen-bond donors (Lipinski definition) is 2. The smallest absolute Gasteiger partial charge is 0.385 e. The standard InChI is InChI=1S/C17H19F3N4O2/c1-11-9-14(24-16(22-11)21-7-4-8-26-2)15(25)23-13-6-3-5-12(10-13)17(18,19)20/h3,5-6,9-10H,4,7-8H2,1-2H3,(H,23,25)(H,21,22,24). The van der Waals surface area contributed by atoms with Gasteiger partial charge < -0.3 is 15.4 Å². The van der Waals surface area contributed by atoms with E-state index in [1.807, 2.05) is 0 Å². The lowest BCUT2D eigenvalue weighted by atomic mass is 10.2. The van der Waals surface area contributed by atoms with Crippen LogP contribution in [0.15, 0.2) is 30.3 Å². The van der Waals surface area contributed by atoms with Crippen molar-refractivity contribution < 1.29 is 22.7 Å². The molecule has 2 rings (SSSR count). The van der Waals surface area contributed by atoms with Crippen molar-refractivity contribution in [1.29, 1.82) is 0 Å². The Bertz CT molecular complexity index is 766. The SMILES string of the molecule is COCCCNc1nc(C)cc(C(=O)Nc2cccc(C(F)(F)F)c2)n1. The Morgan fingerprint density at radius 3 is 2.69 bits per heavy atom. The number of halogens is 3. The predicted octanol–water partition coefficient (Wildman–Crippen LogP) is 3.50. The summed E-state index contributed by atoms with van der Waals surface area (Å²) in [6.07, 6.45) is -3.74. The first-order valence-electron chi connectivity index (χ1n) is 7.86. The molecule has 6 nitrogen and oxygen atoms in total. The third-order valence-electron chi connectivity index (χ3n) is 3.34. The lowest BCUT2D eigenvalue weighted by Gasteiger charge is -2.11. The Labute approximate surface area is 148 Å². The average Bonchev–Trinajstić information content (AvgIpc) is 2.58. The minimum atomic E-state index is -4.48. The van der Waals surface area contributed by atoms with Gasteiger partial charge in [0.25, 0.3) is 5.91 Å². The van der Waals surface area contributed by atoms with E-state index < -0.39 is 17.6 Å². The number of amides is 1. The highest BCUT2D eigenvalue weighted by Crippen LogP contribution is 2.30. The molecule has 0 aliphatic carbocycles. The molecule has 140 valence electrons. The van der Waals surface area contributed by atoms with Crippen molar-refractivity contribution in [3.05, 3.63) is 47.3 Å². The Morgan fingerprint density at radius 1 is 1.23 bits per heavy atom. The number of ether oxygens (including phenoxy) is 1. The number of carbonyl (C=O) groups excluding carboxylic acids is 1. The fourth-order valence-corrected chi connectivity index (χ4v) is 2.15. The number of nitrogens with zero attached hydrogens (tertiary/aromatic N) is 2. The molecule has 0 fully saturated rings. The minimum Gasteiger partial charge on any atom is -0.385 e. The number of methoxy groups -OCH3 is 1. The molecule has 0 radical (unpaired) electrons. The van der Waals surface area contributed by atoms with Gasteiger partial charge in [-0.2, -0.15) is 13.2 Å². The quantitative estimate of drug-likeness (QED) is 0.732. The summed E-state index contributed by atoms with van der Waals surface area (Å²) in [5.74, 6) is -0.343. The van der Waals surface area contributed by atoms with Crippen LogP contribution in [-0.4, -0.2) is 36.1 Å². The van der Waals surface area contributed by atoms with Gasteiger partial charge in [0.05, 0.1) is 5.56 Å². The third kappa shape index (κ3) is 5.69. The summed E-state index contributed by atoms with van der Waals surface area (Å²) in [5, 5.41) is 5.40. The highest BCUT2D eigenvalue weighted by molar-refractivity contribution is 6.03. The topological polar surface area (TPSA) is 76.1 Å². The van der Waals surface area contributed by atoms with Crippen LogP contribution in [0, 0.1) is 6.92 Å². The van der Waals surface area contributed by atoms with Crippen molar-refractivity contribution in [2.24, 2.45) is 0 Å². The molecule has 1 amide bonds. The van der Waals surface area contributed by atoms with Gasteiger partial charge in [-0.1, -0.05) is 6.07 Å². The second-order valence-electron chi connectivity index (χ2n) is 5.52. The van der Waals surface area contributed by atoms with Gasteiger partial charge in [0.2, 0.25) is 5.95 Å². The second kappa shape index (κ2) is 8.61. The summed E-state index contributed by atoms with van der Waals surface area (Å²) >= 11 is 0. The fraction of sp³-hybridized carbons (Fsp3) is 0.353. The second-order valence-corrected chi connectivity index (χ2v) is 5.52. The normalized spacial score (nSPS) is 11.3. The maximum absolute atomic E-state index is 12.8. The molecule has 0 aliphatic heterocycles. The van der Waals surface area contributed by atoms with E-state index in [2.05, 4.69) is 20.6 Å². The highest BCUT2D eigenvalue weighted by Gasteiger charge is 2.30. The molecular weight excluding hydrogens is 349 g/mol. The van der Waals surface area contributed by atoms with Crippen LogP contribution in [-0.2, 0) is 10.9 Å². The van der Waals surface area contributed by atoms with E-state index in [-0.39, 0.29) is 17.3 Å². The molecule has 2 aromatic rings. The fourth-order valence-electron chi connectivity index (χ4n) is 2.15. The number of benzene rings is 1. The van der Waals surface area contributed by atoms with E-state index >= 15 is 0 Å². The summed E-state index contributed by atoms with van der Waals surface area (Å²) in [6.45, 7) is 2.83. The van der Waals surface area contributed by atoms with Crippen molar-refractivity contribution in [2.75, 3.05) is 30.9 Å². The van der Waals surface area contributed by atoms with Crippen molar-refractivity contribution in [2.45, 2.75) is 19.5 Å². The van der Waals surface area contributed by atoms with Crippen LogP contribution < -0.4 is 10.6 Å². The van der Waals surface area contributed by atoms with Crippen LogP contribution in [0.4, 0.5) is 24.8 Å². The molecule has 0 saturated carbocycles. The molecule has 2 N–H and O–H groups in total. The van der Waals surface area contributed by atoms with Crippen LogP contribution in [0.1, 0.15) is 28.2 Å². The maximum Gasteiger partial charge on any atom is 0.416 e. The first-order valence-corrected chi connectivity index (χ1v) is 7.86. The Hall–Kier alpha value is -2.68. The zero-order valence-corrected chi connectivity index (χ0v) is 14.4. The molecule has 0 bridgehead atoms. The molecular formula is C17H19F3N4O2. The number of alkyl halides is 3. The molecule has 1 aromatic carbocycles. The highest BCUT2D eigenvalue weighted by atomic mass is 19.4. The maximum atomic E-state index is 12.8. The molecule has 9 heteroatoms. The predicted molar refractivity (Wildman–Crippen MR) is 91.1 cm³/mol. The number of anilines is 2. The van der Waals surface area contributed by atoms with Gasteiger partial charge in [0, 0.05) is 31.6 Å². The summed E-state index contributed by atoms with van der Waals surface area (Å²) < 4.78 is 43.2. The van der Waals surface area contributed by atoms with Crippen LogP contribution in [0.5, 0.6) is 0 Å². The lowest BCUT2D eigenvalue weighted by Crippen LogP contribution is -2.17. The van der Waals surface area contributed by atoms with Crippen molar-refractivity contribution >= 4 is 17.5 Å². The summed E-state index contributed by atoms with van der Waals surface area (Å²) in [6, 6.07) is 5.88. The van der Waals surface area contributed by atoms with Gasteiger partial charge in [-0.15, -0.1) is 0 Å². The first kappa shape index (κ1) is 19.6. The molecule has 0 saturated heterocycles. The number of aromatic nitrogens is 2. The van der Waals surface area contributed by atoms with Gasteiger partial charge in [-0.05, 0) is 37.6 Å². The zero-order valence-electron chi connectivity index (χ0n) is 14.4. The number of nitrogens with one attached hydrogen (secondary N) is 2. The molecule has 1 aromatic heterocycles. The molecule has 0 spiro atoms. The van der Waals surface area contributed by atoms with Crippen molar-refractivity contribution in [1.82, 2.24) is 9.97 Å². The van der Waals surface area contributed by atoms with Gasteiger partial charge in [-0.3, -0.25) is 4.79 Å². The van der Waals surface area contributed by atoms with E-state index in [9.17, 15) is 18.0 Å². The van der Waals surface area contributed by atoms with Crippen LogP contribution in [0.2, 0.25) is 0 Å². The lowest BCUT2D eigenvalue weighted by molar-refractivity contribution is -0.137.